The van der Waals surface area contributed by atoms with Gasteiger partial charge in [0.1, 0.15) is 6.54 Å². The van der Waals surface area contributed by atoms with Crippen LogP contribution in [-0.4, -0.2) is 20.7 Å². The van der Waals surface area contributed by atoms with Crippen molar-refractivity contribution in [2.24, 2.45) is 0 Å². The second kappa shape index (κ2) is 7.17. The number of amides is 1. The van der Waals surface area contributed by atoms with Crippen molar-refractivity contribution in [2.45, 2.75) is 26.8 Å². The second-order valence-electron chi connectivity index (χ2n) is 5.74. The van der Waals surface area contributed by atoms with Gasteiger partial charge in [0.25, 0.3) is 6.43 Å². The van der Waals surface area contributed by atoms with E-state index in [1.54, 1.807) is 32.0 Å². The maximum absolute atomic E-state index is 13.3. The maximum atomic E-state index is 13.3. The van der Waals surface area contributed by atoms with Gasteiger partial charge in [-0.3, -0.25) is 4.79 Å². The zero-order valence-electron chi connectivity index (χ0n) is 13.9. The van der Waals surface area contributed by atoms with E-state index in [0.717, 1.165) is 0 Å². The molecule has 0 unspecified atom stereocenters. The summed E-state index contributed by atoms with van der Waals surface area (Å²) in [6.45, 7) is 3.00. The van der Waals surface area contributed by atoms with E-state index in [1.807, 2.05) is 0 Å². The Morgan fingerprint density at radius 3 is 2.54 bits per heavy atom. The molecule has 3 aromatic rings. The number of hydrogen-bond donors (Lipinski definition) is 1. The van der Waals surface area contributed by atoms with Gasteiger partial charge >= 0.3 is 0 Å². The average Bonchev–Trinajstić information content (AvgIpc) is 2.86. The fourth-order valence-corrected chi connectivity index (χ4v) is 3.22. The summed E-state index contributed by atoms with van der Waals surface area (Å²) in [6.07, 6.45) is -2.66. The fourth-order valence-electron chi connectivity index (χ4n) is 2.73. The smallest absolute Gasteiger partial charge is 0.264 e. The quantitative estimate of drug-likeness (QED) is 0.677. The van der Waals surface area contributed by atoms with Crippen LogP contribution in [0.2, 0.25) is 10.0 Å². The van der Waals surface area contributed by atoms with Gasteiger partial charge in [-0.05, 0) is 32.0 Å². The Morgan fingerprint density at radius 2 is 1.92 bits per heavy atom. The first-order valence-corrected chi connectivity index (χ1v) is 8.40. The number of halogens is 4. The minimum Gasteiger partial charge on any atom is -0.322 e. The third-order valence-electron chi connectivity index (χ3n) is 3.79. The topological polar surface area (TPSA) is 59.8 Å². The van der Waals surface area contributed by atoms with Crippen molar-refractivity contribution in [3.05, 3.63) is 51.3 Å². The van der Waals surface area contributed by atoms with Crippen LogP contribution < -0.4 is 5.32 Å². The molecule has 2 heterocycles. The van der Waals surface area contributed by atoms with Gasteiger partial charge in [-0.25, -0.2) is 18.4 Å². The molecule has 0 bridgehead atoms. The summed E-state index contributed by atoms with van der Waals surface area (Å²) in [5.41, 5.74) is 1.17. The summed E-state index contributed by atoms with van der Waals surface area (Å²) in [6, 6.07) is 6.17. The molecule has 0 aliphatic heterocycles. The van der Waals surface area contributed by atoms with Crippen LogP contribution in [0.1, 0.15) is 23.4 Å². The lowest BCUT2D eigenvalue weighted by atomic mass is 10.1. The molecular weight excluding hydrogens is 385 g/mol. The number of carbonyl (C=O) groups is 1. The van der Waals surface area contributed by atoms with Gasteiger partial charge in [-0.2, -0.15) is 5.10 Å². The number of pyridine rings is 1. The Balaban J connectivity index is 1.95. The Bertz CT molecular complexity index is 984. The van der Waals surface area contributed by atoms with Gasteiger partial charge in [0.2, 0.25) is 5.91 Å². The minimum absolute atomic E-state index is 0.147. The minimum atomic E-state index is -2.66. The molecule has 5 nitrogen and oxygen atoms in total. The first kappa shape index (κ1) is 18.5. The number of hydrogen-bond acceptors (Lipinski definition) is 3. The molecule has 0 fully saturated rings. The molecule has 26 heavy (non-hydrogen) atoms. The molecule has 0 aliphatic carbocycles. The normalized spacial score (nSPS) is 11.3. The highest BCUT2D eigenvalue weighted by Gasteiger charge is 2.21. The summed E-state index contributed by atoms with van der Waals surface area (Å²) in [4.78, 5) is 16.6. The first-order chi connectivity index (χ1) is 12.3. The number of nitrogens with one attached hydrogen (secondary N) is 1. The van der Waals surface area contributed by atoms with E-state index in [4.69, 9.17) is 23.2 Å². The summed E-state index contributed by atoms with van der Waals surface area (Å²) in [7, 11) is 0. The number of alkyl halides is 2. The standard InChI is InChI=1S/C17H14Cl2F2N4O/c1-8-6-10(16(20)21)14-9(2)24-25(17(14)22-8)7-13(26)23-15-11(18)4-3-5-12(15)19/h3-6,16H,7H2,1-2H3,(H,23,26). The van der Waals surface area contributed by atoms with Gasteiger partial charge in [0.05, 0.1) is 26.8 Å². The van der Waals surface area contributed by atoms with Gasteiger partial charge in [-0.1, -0.05) is 29.3 Å². The van der Waals surface area contributed by atoms with Crippen LogP contribution in [0.3, 0.4) is 0 Å². The van der Waals surface area contributed by atoms with Crippen LogP contribution in [0.25, 0.3) is 11.0 Å². The van der Waals surface area contributed by atoms with E-state index in [0.29, 0.717) is 21.4 Å². The monoisotopic (exact) mass is 398 g/mol. The SMILES string of the molecule is Cc1cc(C(F)F)c2c(C)nn(CC(=O)Nc3c(Cl)cccc3Cl)c2n1. The van der Waals surface area contributed by atoms with Crippen molar-refractivity contribution in [2.75, 3.05) is 5.32 Å². The number of nitrogens with zero attached hydrogens (tertiary/aromatic N) is 3. The van der Waals surface area contributed by atoms with Crippen LogP contribution in [0.4, 0.5) is 14.5 Å². The molecular formula is C17H14Cl2F2N4O. The highest BCUT2D eigenvalue weighted by Crippen LogP contribution is 2.31. The van der Waals surface area contributed by atoms with Crippen LogP contribution in [0, 0.1) is 13.8 Å². The number of anilines is 1. The van der Waals surface area contributed by atoms with Crippen molar-refractivity contribution in [3.8, 4) is 0 Å². The second-order valence-corrected chi connectivity index (χ2v) is 6.55. The third kappa shape index (κ3) is 3.50. The Hall–Kier alpha value is -2.25. The van der Waals surface area contributed by atoms with Crippen LogP contribution in [-0.2, 0) is 11.3 Å². The molecule has 0 aliphatic rings. The van der Waals surface area contributed by atoms with E-state index in [2.05, 4.69) is 15.4 Å². The molecule has 3 rings (SSSR count). The molecule has 1 aromatic carbocycles. The molecule has 136 valence electrons. The van der Waals surface area contributed by atoms with Gasteiger partial charge in [-0.15, -0.1) is 0 Å². The van der Waals surface area contributed by atoms with E-state index >= 15 is 0 Å². The van der Waals surface area contributed by atoms with E-state index < -0.39 is 12.3 Å². The summed E-state index contributed by atoms with van der Waals surface area (Å²) in [5, 5.41) is 7.65. The zero-order chi connectivity index (χ0) is 19.0. The van der Waals surface area contributed by atoms with E-state index in [-0.39, 0.29) is 28.8 Å². The highest BCUT2D eigenvalue weighted by molar-refractivity contribution is 6.39. The number of aryl methyl sites for hydroxylation is 2. The van der Waals surface area contributed by atoms with Crippen molar-refractivity contribution in [1.82, 2.24) is 14.8 Å². The number of rotatable bonds is 4. The number of para-hydroxylation sites is 1. The molecule has 0 spiro atoms. The average molecular weight is 399 g/mol. The van der Waals surface area contributed by atoms with Crippen molar-refractivity contribution < 1.29 is 13.6 Å². The van der Waals surface area contributed by atoms with Crippen molar-refractivity contribution in [3.63, 3.8) is 0 Å². The first-order valence-electron chi connectivity index (χ1n) is 7.64. The molecule has 0 saturated carbocycles. The van der Waals surface area contributed by atoms with Gasteiger partial charge in [0, 0.05) is 11.3 Å². The van der Waals surface area contributed by atoms with Gasteiger partial charge < -0.3 is 5.32 Å². The Kier molecular flexibility index (Phi) is 5.11. The number of carbonyl (C=O) groups excluding carboxylic acids is 1. The predicted octanol–water partition coefficient (Wildman–Crippen LogP) is 4.93. The summed E-state index contributed by atoms with van der Waals surface area (Å²) < 4.78 is 28.0. The molecule has 1 amide bonds. The number of benzene rings is 1. The summed E-state index contributed by atoms with van der Waals surface area (Å²) >= 11 is 12.1. The molecule has 0 saturated heterocycles. The van der Waals surface area contributed by atoms with E-state index in [9.17, 15) is 13.6 Å². The van der Waals surface area contributed by atoms with Crippen LogP contribution >= 0.6 is 23.2 Å². The van der Waals surface area contributed by atoms with Crippen molar-refractivity contribution >= 4 is 45.8 Å². The number of aromatic nitrogens is 3. The van der Waals surface area contributed by atoms with Gasteiger partial charge in [0.15, 0.2) is 5.65 Å². The predicted molar refractivity (Wildman–Crippen MR) is 97.1 cm³/mol. The number of fused-ring (bicyclic) bond motifs is 1. The van der Waals surface area contributed by atoms with Crippen LogP contribution in [0.15, 0.2) is 24.3 Å². The lowest BCUT2D eigenvalue weighted by Crippen LogP contribution is -2.20. The largest absolute Gasteiger partial charge is 0.322 e. The van der Waals surface area contributed by atoms with Crippen molar-refractivity contribution in [1.29, 1.82) is 0 Å². The molecule has 2 aromatic heterocycles. The molecule has 0 atom stereocenters. The zero-order valence-corrected chi connectivity index (χ0v) is 15.4. The highest BCUT2D eigenvalue weighted by atomic mass is 35.5. The third-order valence-corrected chi connectivity index (χ3v) is 4.42. The van der Waals surface area contributed by atoms with Crippen LogP contribution in [0.5, 0.6) is 0 Å². The Morgan fingerprint density at radius 1 is 1.27 bits per heavy atom. The molecule has 1 N–H and O–H groups in total. The Labute approximate surface area is 157 Å². The maximum Gasteiger partial charge on any atom is 0.264 e. The lowest BCUT2D eigenvalue weighted by Gasteiger charge is -2.10. The fraction of sp³-hybridized carbons (Fsp3) is 0.235. The lowest BCUT2D eigenvalue weighted by molar-refractivity contribution is -0.116. The molecule has 9 heteroatoms. The molecule has 0 radical (unpaired) electrons. The summed E-state index contributed by atoms with van der Waals surface area (Å²) in [5.74, 6) is -0.452. The van der Waals surface area contributed by atoms with E-state index in [1.165, 1.54) is 10.7 Å².